The number of fused-ring (bicyclic) bond motifs is 1. The first-order valence-corrected chi connectivity index (χ1v) is 10.3. The predicted molar refractivity (Wildman–Crippen MR) is 109 cm³/mol. The fraction of sp³-hybridized carbons (Fsp3) is 0.440. The van der Waals surface area contributed by atoms with Gasteiger partial charge in [0.05, 0.1) is 13.0 Å². The van der Waals surface area contributed by atoms with Gasteiger partial charge in [-0.2, -0.15) is 0 Å². The zero-order chi connectivity index (χ0) is 19.6. The summed E-state index contributed by atoms with van der Waals surface area (Å²) >= 11 is 0. The Kier molecular flexibility index (Phi) is 5.09. The van der Waals surface area contributed by atoms with Gasteiger partial charge in [-0.15, -0.1) is 0 Å². The molecule has 0 N–H and O–H groups in total. The third-order valence-electron chi connectivity index (χ3n) is 7.00. The number of ketones is 1. The van der Waals surface area contributed by atoms with E-state index < -0.39 is 5.41 Å². The van der Waals surface area contributed by atoms with Crippen LogP contribution in [0.25, 0.3) is 0 Å². The minimum atomic E-state index is -0.488. The van der Waals surface area contributed by atoms with Gasteiger partial charge in [-0.1, -0.05) is 60.7 Å². The Hall–Kier alpha value is -2.42. The third kappa shape index (κ3) is 3.39. The lowest BCUT2D eigenvalue weighted by Crippen LogP contribution is -2.47. The molecule has 3 aliphatic carbocycles. The zero-order valence-electron chi connectivity index (χ0n) is 16.5. The van der Waals surface area contributed by atoms with E-state index in [1.807, 2.05) is 24.3 Å². The van der Waals surface area contributed by atoms with Crippen LogP contribution in [0.4, 0.5) is 0 Å². The molecule has 0 heterocycles. The van der Waals surface area contributed by atoms with E-state index in [1.165, 1.54) is 18.2 Å². The number of rotatable bonds is 8. The van der Waals surface area contributed by atoms with E-state index in [-0.39, 0.29) is 23.1 Å². The molecule has 1 atom stereocenters. The maximum Gasteiger partial charge on any atom is 0.309 e. The molecule has 3 fully saturated rings. The first-order valence-electron chi connectivity index (χ1n) is 10.3. The van der Waals surface area contributed by atoms with Gasteiger partial charge in [0, 0.05) is 11.8 Å². The number of benzene rings is 2. The Morgan fingerprint density at radius 1 is 0.929 bits per heavy atom. The van der Waals surface area contributed by atoms with Gasteiger partial charge in [-0.25, -0.2) is 0 Å². The summed E-state index contributed by atoms with van der Waals surface area (Å²) in [5.74, 6) is -0.219. The van der Waals surface area contributed by atoms with Crippen LogP contribution in [0.15, 0.2) is 60.7 Å². The Morgan fingerprint density at radius 3 is 2.07 bits per heavy atom. The minimum absolute atomic E-state index is 0.122. The average Bonchev–Trinajstić information content (AvgIpc) is 3.23. The van der Waals surface area contributed by atoms with Crippen LogP contribution in [-0.4, -0.2) is 18.9 Å². The summed E-state index contributed by atoms with van der Waals surface area (Å²) in [5, 5.41) is 0. The van der Waals surface area contributed by atoms with Crippen LogP contribution in [0.3, 0.4) is 0 Å². The molecule has 3 nitrogen and oxygen atoms in total. The average molecular weight is 376 g/mol. The third-order valence-corrected chi connectivity index (χ3v) is 7.00. The number of hydrogen-bond donors (Lipinski definition) is 0. The molecule has 2 aromatic rings. The Bertz CT molecular complexity index is 835. The lowest BCUT2D eigenvalue weighted by Gasteiger charge is -2.47. The number of esters is 1. The lowest BCUT2D eigenvalue weighted by molar-refractivity contribution is -0.155. The van der Waals surface area contributed by atoms with Gasteiger partial charge in [0.15, 0.2) is 0 Å². The molecule has 2 aromatic carbocycles. The molecule has 3 saturated carbocycles. The normalized spacial score (nSPS) is 27.8. The smallest absolute Gasteiger partial charge is 0.309 e. The van der Waals surface area contributed by atoms with E-state index in [0.717, 1.165) is 38.5 Å². The first kappa shape index (κ1) is 18.9. The summed E-state index contributed by atoms with van der Waals surface area (Å²) < 4.78 is 5.09. The van der Waals surface area contributed by atoms with Crippen LogP contribution in [-0.2, 0) is 27.2 Å². The van der Waals surface area contributed by atoms with Gasteiger partial charge in [0.25, 0.3) is 0 Å². The van der Waals surface area contributed by atoms with Crippen molar-refractivity contribution in [2.75, 3.05) is 7.11 Å². The van der Waals surface area contributed by atoms with Crippen LogP contribution in [0, 0.1) is 16.7 Å². The van der Waals surface area contributed by atoms with E-state index in [0.29, 0.717) is 6.42 Å². The monoisotopic (exact) mass is 376 g/mol. The van der Waals surface area contributed by atoms with Crippen LogP contribution in [0.5, 0.6) is 0 Å². The van der Waals surface area contributed by atoms with Crippen LogP contribution >= 0.6 is 0 Å². The molecule has 28 heavy (non-hydrogen) atoms. The SMILES string of the molecule is COC(=O)C1CC2(CCc3ccccc3)CC1(C(=O)CCc1ccccc1)C2. The number of carbonyl (C=O) groups excluding carboxylic acids is 2. The van der Waals surface area contributed by atoms with Crippen molar-refractivity contribution in [3.8, 4) is 0 Å². The van der Waals surface area contributed by atoms with Gasteiger partial charge in [-0.05, 0) is 55.1 Å². The van der Waals surface area contributed by atoms with Crippen LogP contribution in [0.1, 0.15) is 43.2 Å². The maximum atomic E-state index is 13.2. The van der Waals surface area contributed by atoms with Crippen molar-refractivity contribution < 1.29 is 14.3 Å². The van der Waals surface area contributed by atoms with E-state index in [2.05, 4.69) is 36.4 Å². The Morgan fingerprint density at radius 2 is 1.50 bits per heavy atom. The van der Waals surface area contributed by atoms with Crippen LogP contribution in [0.2, 0.25) is 0 Å². The fourth-order valence-electron chi connectivity index (χ4n) is 5.63. The molecule has 0 amide bonds. The van der Waals surface area contributed by atoms with Crippen molar-refractivity contribution in [3.05, 3.63) is 71.8 Å². The molecule has 5 rings (SSSR count). The molecule has 0 radical (unpaired) electrons. The highest BCUT2D eigenvalue weighted by molar-refractivity contribution is 5.93. The largest absolute Gasteiger partial charge is 0.469 e. The van der Waals surface area contributed by atoms with E-state index in [1.54, 1.807) is 0 Å². The van der Waals surface area contributed by atoms with Gasteiger partial charge in [0.2, 0.25) is 0 Å². The number of Topliss-reactive ketones (excluding diaryl/α,β-unsaturated/α-hetero) is 1. The summed E-state index contributed by atoms with van der Waals surface area (Å²) in [4.78, 5) is 25.7. The molecule has 1 unspecified atom stereocenters. The number of ether oxygens (including phenoxy) is 1. The summed E-state index contributed by atoms with van der Waals surface area (Å²) in [6, 6.07) is 20.6. The van der Waals surface area contributed by atoms with Crippen molar-refractivity contribution in [2.45, 2.75) is 44.9 Å². The molecule has 3 heteroatoms. The molecule has 0 spiro atoms. The Labute approximate surface area is 167 Å². The Balaban J connectivity index is 1.44. The minimum Gasteiger partial charge on any atom is -0.469 e. The standard InChI is InChI=1S/C25H28O3/c1-28-23(27)21-16-24(15-14-20-10-6-3-7-11-20)17-25(21,18-24)22(26)13-12-19-8-4-2-5-9-19/h2-11,21H,12-18H2,1H3. The maximum absolute atomic E-state index is 13.2. The molecule has 146 valence electrons. The van der Waals surface area contributed by atoms with E-state index in [4.69, 9.17) is 4.74 Å². The summed E-state index contributed by atoms with van der Waals surface area (Å²) in [5.41, 5.74) is 2.14. The van der Waals surface area contributed by atoms with Crippen molar-refractivity contribution in [1.29, 1.82) is 0 Å². The first-order chi connectivity index (χ1) is 13.6. The van der Waals surface area contributed by atoms with Gasteiger partial charge < -0.3 is 4.74 Å². The highest BCUT2D eigenvalue weighted by Crippen LogP contribution is 2.72. The number of carbonyl (C=O) groups is 2. The van der Waals surface area contributed by atoms with Crippen molar-refractivity contribution in [1.82, 2.24) is 0 Å². The molecule has 3 aliphatic rings. The molecule has 0 aliphatic heterocycles. The topological polar surface area (TPSA) is 43.4 Å². The van der Waals surface area contributed by atoms with E-state index in [9.17, 15) is 9.59 Å². The number of hydrogen-bond acceptors (Lipinski definition) is 3. The molecular weight excluding hydrogens is 348 g/mol. The van der Waals surface area contributed by atoms with Crippen molar-refractivity contribution in [2.24, 2.45) is 16.7 Å². The van der Waals surface area contributed by atoms with Gasteiger partial charge in [-0.3, -0.25) is 9.59 Å². The van der Waals surface area contributed by atoms with Crippen LogP contribution < -0.4 is 0 Å². The van der Waals surface area contributed by atoms with E-state index >= 15 is 0 Å². The van der Waals surface area contributed by atoms with Crippen molar-refractivity contribution in [3.63, 3.8) is 0 Å². The second-order valence-electron chi connectivity index (χ2n) is 8.68. The summed E-state index contributed by atoms with van der Waals surface area (Å²) in [6.07, 6.45) is 5.78. The zero-order valence-corrected chi connectivity index (χ0v) is 16.5. The predicted octanol–water partition coefficient (Wildman–Crippen LogP) is 4.78. The van der Waals surface area contributed by atoms with Gasteiger partial charge >= 0.3 is 5.97 Å². The number of aryl methyl sites for hydroxylation is 2. The van der Waals surface area contributed by atoms with Crippen molar-refractivity contribution >= 4 is 11.8 Å². The second-order valence-corrected chi connectivity index (χ2v) is 8.68. The highest BCUT2D eigenvalue weighted by Gasteiger charge is 2.70. The molecule has 0 saturated heterocycles. The molecule has 2 bridgehead atoms. The summed E-state index contributed by atoms with van der Waals surface area (Å²) in [6.45, 7) is 0. The fourth-order valence-corrected chi connectivity index (χ4v) is 5.63. The lowest BCUT2D eigenvalue weighted by atomic mass is 9.55. The number of methoxy groups -OCH3 is 1. The molecular formula is C25H28O3. The highest BCUT2D eigenvalue weighted by atomic mass is 16.5. The summed E-state index contributed by atoms with van der Waals surface area (Å²) in [7, 11) is 1.44. The molecule has 0 aromatic heterocycles. The van der Waals surface area contributed by atoms with Gasteiger partial charge in [0.1, 0.15) is 5.78 Å². The second kappa shape index (κ2) is 7.54. The quantitative estimate of drug-likeness (QED) is 0.623.